The fourth-order valence-corrected chi connectivity index (χ4v) is 1.81. The largest absolute Gasteiger partial charge is 0.460 e. The molecule has 0 saturated carbocycles. The molecule has 0 aromatic carbocycles. The molecule has 0 aromatic heterocycles. The van der Waals surface area contributed by atoms with Crippen LogP contribution in [0.3, 0.4) is 0 Å². The molecule has 0 N–H and O–H groups in total. The highest BCUT2D eigenvalue weighted by molar-refractivity contribution is 5.70. The molecule has 1 heterocycles. The highest BCUT2D eigenvalue weighted by Crippen LogP contribution is 2.20. The Kier molecular flexibility index (Phi) is 3.53. The number of hydrogen-bond donors (Lipinski definition) is 0. The second-order valence-electron chi connectivity index (χ2n) is 5.21. The fraction of sp³-hybridized carbons (Fsp3) is 0.909. The van der Waals surface area contributed by atoms with Gasteiger partial charge in [0.25, 0.3) is 0 Å². The number of carbonyl (C=O) groups excluding carboxylic acids is 1. The first kappa shape index (κ1) is 11.5. The quantitative estimate of drug-likeness (QED) is 0.634. The Morgan fingerprint density at radius 1 is 1.50 bits per heavy atom. The molecule has 1 aliphatic rings. The summed E-state index contributed by atoms with van der Waals surface area (Å²) in [6.07, 6.45) is 1.69. The van der Waals surface area contributed by atoms with Crippen molar-refractivity contribution in [2.75, 3.05) is 20.1 Å². The molecule has 0 aliphatic carbocycles. The average Bonchev–Trinajstić information content (AvgIpc) is 2.30. The molecule has 1 fully saturated rings. The first-order chi connectivity index (χ1) is 6.37. The smallest absolute Gasteiger partial charge is 0.306 e. The molecule has 0 aromatic rings. The molecule has 1 aliphatic heterocycles. The summed E-state index contributed by atoms with van der Waals surface area (Å²) in [7, 11) is 2.09. The average molecular weight is 199 g/mol. The van der Waals surface area contributed by atoms with Crippen molar-refractivity contribution in [2.45, 2.75) is 39.2 Å². The van der Waals surface area contributed by atoms with Crippen molar-refractivity contribution >= 4 is 5.97 Å². The molecular weight excluding hydrogens is 178 g/mol. The summed E-state index contributed by atoms with van der Waals surface area (Å²) in [5.74, 6) is 0.438. The van der Waals surface area contributed by atoms with E-state index in [1.54, 1.807) is 0 Å². The molecule has 3 heteroatoms. The van der Waals surface area contributed by atoms with Crippen molar-refractivity contribution in [1.29, 1.82) is 0 Å². The molecule has 0 amide bonds. The Balaban J connectivity index is 2.27. The summed E-state index contributed by atoms with van der Waals surface area (Å²) in [6.45, 7) is 7.86. The molecule has 82 valence electrons. The minimum atomic E-state index is -0.346. The second-order valence-corrected chi connectivity index (χ2v) is 5.21. The molecule has 14 heavy (non-hydrogen) atoms. The number of rotatable bonds is 2. The summed E-state index contributed by atoms with van der Waals surface area (Å²) >= 11 is 0. The molecule has 0 radical (unpaired) electrons. The molecule has 0 spiro atoms. The van der Waals surface area contributed by atoms with E-state index >= 15 is 0 Å². The van der Waals surface area contributed by atoms with Gasteiger partial charge in [0.15, 0.2) is 0 Å². The summed E-state index contributed by atoms with van der Waals surface area (Å²) in [4.78, 5) is 13.7. The van der Waals surface area contributed by atoms with Crippen molar-refractivity contribution < 1.29 is 9.53 Å². The summed E-state index contributed by atoms with van der Waals surface area (Å²) in [5.41, 5.74) is -0.346. The maximum Gasteiger partial charge on any atom is 0.306 e. The van der Waals surface area contributed by atoms with E-state index in [9.17, 15) is 4.79 Å². The molecule has 0 unspecified atom stereocenters. The zero-order valence-electron chi connectivity index (χ0n) is 9.67. The molecule has 1 atom stereocenters. The molecule has 1 saturated heterocycles. The predicted octanol–water partition coefficient (Wildman–Crippen LogP) is 1.67. The Morgan fingerprint density at radius 2 is 2.14 bits per heavy atom. The van der Waals surface area contributed by atoms with Crippen LogP contribution in [0.25, 0.3) is 0 Å². The number of esters is 1. The molecule has 1 rings (SSSR count). The number of hydrogen-bond acceptors (Lipinski definition) is 3. The lowest BCUT2D eigenvalue weighted by atomic mass is 10.1. The van der Waals surface area contributed by atoms with Gasteiger partial charge in [-0.05, 0) is 46.7 Å². The van der Waals surface area contributed by atoms with Gasteiger partial charge in [-0.25, -0.2) is 0 Å². The van der Waals surface area contributed by atoms with Gasteiger partial charge in [0.05, 0.1) is 0 Å². The van der Waals surface area contributed by atoms with Gasteiger partial charge in [0.1, 0.15) is 5.60 Å². The number of ether oxygens (including phenoxy) is 1. The third-order valence-corrected chi connectivity index (χ3v) is 2.36. The van der Waals surface area contributed by atoms with Gasteiger partial charge in [-0.3, -0.25) is 4.79 Å². The van der Waals surface area contributed by atoms with Gasteiger partial charge in [0.2, 0.25) is 0 Å². The van der Waals surface area contributed by atoms with Gasteiger partial charge < -0.3 is 9.64 Å². The molecule has 3 nitrogen and oxygen atoms in total. The van der Waals surface area contributed by atoms with Crippen LogP contribution in [0.1, 0.15) is 33.6 Å². The van der Waals surface area contributed by atoms with Crippen LogP contribution in [-0.4, -0.2) is 36.6 Å². The maximum absolute atomic E-state index is 11.5. The highest BCUT2D eigenvalue weighted by Gasteiger charge is 2.24. The third-order valence-electron chi connectivity index (χ3n) is 2.36. The van der Waals surface area contributed by atoms with Crippen molar-refractivity contribution in [3.63, 3.8) is 0 Å². The highest BCUT2D eigenvalue weighted by atomic mass is 16.6. The summed E-state index contributed by atoms with van der Waals surface area (Å²) < 4.78 is 5.28. The Morgan fingerprint density at radius 3 is 2.57 bits per heavy atom. The van der Waals surface area contributed by atoms with Crippen LogP contribution in [0, 0.1) is 5.92 Å². The van der Waals surface area contributed by atoms with Crippen molar-refractivity contribution in [1.82, 2.24) is 4.90 Å². The van der Waals surface area contributed by atoms with Crippen LogP contribution in [0.15, 0.2) is 0 Å². The van der Waals surface area contributed by atoms with Crippen LogP contribution in [0.4, 0.5) is 0 Å². The van der Waals surface area contributed by atoms with Gasteiger partial charge >= 0.3 is 5.97 Å². The third kappa shape index (κ3) is 4.09. The number of likely N-dealkylation sites (tertiary alicyclic amines) is 1. The van der Waals surface area contributed by atoms with E-state index < -0.39 is 0 Å². The zero-order valence-corrected chi connectivity index (χ0v) is 9.67. The predicted molar refractivity (Wildman–Crippen MR) is 56.1 cm³/mol. The maximum atomic E-state index is 11.5. The molecular formula is C11H21NO2. The Hall–Kier alpha value is -0.570. The lowest BCUT2D eigenvalue weighted by molar-refractivity contribution is -0.155. The van der Waals surface area contributed by atoms with Crippen LogP contribution < -0.4 is 0 Å². The van der Waals surface area contributed by atoms with E-state index in [1.807, 2.05) is 20.8 Å². The van der Waals surface area contributed by atoms with E-state index in [2.05, 4.69) is 11.9 Å². The summed E-state index contributed by atoms with van der Waals surface area (Å²) in [6, 6.07) is 0. The van der Waals surface area contributed by atoms with Crippen LogP contribution >= 0.6 is 0 Å². The van der Waals surface area contributed by atoms with Gasteiger partial charge in [-0.15, -0.1) is 0 Å². The second kappa shape index (κ2) is 4.30. The molecule has 0 bridgehead atoms. The van der Waals surface area contributed by atoms with E-state index in [0.717, 1.165) is 19.5 Å². The SMILES string of the molecule is CN1CC[C@@H](CC(=O)OC(C)(C)C)C1. The van der Waals surface area contributed by atoms with Gasteiger partial charge in [-0.2, -0.15) is 0 Å². The Labute approximate surface area is 86.4 Å². The van der Waals surface area contributed by atoms with E-state index in [4.69, 9.17) is 4.74 Å². The standard InChI is InChI=1S/C11H21NO2/c1-11(2,3)14-10(13)7-9-5-6-12(4)8-9/h9H,5-8H2,1-4H3/t9-/m0/s1. The van der Waals surface area contributed by atoms with Crippen molar-refractivity contribution in [2.24, 2.45) is 5.92 Å². The van der Waals surface area contributed by atoms with Crippen molar-refractivity contribution in [3.05, 3.63) is 0 Å². The van der Waals surface area contributed by atoms with E-state index in [-0.39, 0.29) is 11.6 Å². The van der Waals surface area contributed by atoms with Crippen molar-refractivity contribution in [3.8, 4) is 0 Å². The number of nitrogens with zero attached hydrogens (tertiary/aromatic N) is 1. The van der Waals surface area contributed by atoms with Gasteiger partial charge in [-0.1, -0.05) is 0 Å². The van der Waals surface area contributed by atoms with Gasteiger partial charge in [0, 0.05) is 13.0 Å². The minimum absolute atomic E-state index is 0.0576. The monoisotopic (exact) mass is 199 g/mol. The fourth-order valence-electron chi connectivity index (χ4n) is 1.81. The topological polar surface area (TPSA) is 29.5 Å². The normalized spacial score (nSPS) is 23.9. The van der Waals surface area contributed by atoms with Crippen LogP contribution in [0.2, 0.25) is 0 Å². The number of carbonyl (C=O) groups is 1. The Bertz CT molecular complexity index is 208. The van der Waals surface area contributed by atoms with E-state index in [1.165, 1.54) is 0 Å². The lowest BCUT2D eigenvalue weighted by Gasteiger charge is -2.20. The zero-order chi connectivity index (χ0) is 10.8. The first-order valence-corrected chi connectivity index (χ1v) is 5.27. The summed E-state index contributed by atoms with van der Waals surface area (Å²) in [5, 5.41) is 0. The first-order valence-electron chi connectivity index (χ1n) is 5.27. The minimum Gasteiger partial charge on any atom is -0.460 e. The van der Waals surface area contributed by atoms with Crippen LogP contribution in [-0.2, 0) is 9.53 Å². The lowest BCUT2D eigenvalue weighted by Crippen LogP contribution is -2.25. The van der Waals surface area contributed by atoms with E-state index in [0.29, 0.717) is 12.3 Å². The van der Waals surface area contributed by atoms with Crippen LogP contribution in [0.5, 0.6) is 0 Å².